The number of hydrogen-bond acceptors (Lipinski definition) is 2. The van der Waals surface area contributed by atoms with Crippen LogP contribution in [0, 0.1) is 17.0 Å². The van der Waals surface area contributed by atoms with Gasteiger partial charge in [0.25, 0.3) is 5.91 Å². The highest BCUT2D eigenvalue weighted by molar-refractivity contribution is 5.94. The van der Waals surface area contributed by atoms with Crippen molar-refractivity contribution in [1.82, 2.24) is 5.32 Å². The fourth-order valence-electron chi connectivity index (χ4n) is 2.21. The van der Waals surface area contributed by atoms with E-state index >= 15 is 0 Å². The van der Waals surface area contributed by atoms with Crippen molar-refractivity contribution in [2.75, 3.05) is 13.2 Å². The lowest BCUT2D eigenvalue weighted by atomic mass is 9.79. The van der Waals surface area contributed by atoms with Gasteiger partial charge >= 0.3 is 0 Å². The molecule has 1 aromatic rings. The van der Waals surface area contributed by atoms with Crippen molar-refractivity contribution in [2.45, 2.75) is 33.1 Å². The van der Waals surface area contributed by atoms with Crippen LogP contribution in [0.5, 0.6) is 0 Å². The number of carbonyl (C=O) groups excluding carboxylic acids is 1. The smallest absolute Gasteiger partial charge is 0.254 e. The zero-order valence-electron chi connectivity index (χ0n) is 11.9. The van der Waals surface area contributed by atoms with Crippen LogP contribution in [0.25, 0.3) is 0 Å². The zero-order chi connectivity index (χ0) is 15.2. The van der Waals surface area contributed by atoms with Gasteiger partial charge in [-0.25, -0.2) is 8.78 Å². The lowest BCUT2D eigenvalue weighted by molar-refractivity contribution is 0.0903. The number of aliphatic hydroxyl groups is 1. The number of rotatable bonds is 7. The molecule has 1 aromatic carbocycles. The second-order valence-electron chi connectivity index (χ2n) is 4.99. The highest BCUT2D eigenvalue weighted by Crippen LogP contribution is 2.29. The molecule has 0 saturated heterocycles. The SMILES string of the molecule is CCC(CC)(CCO)CNC(=O)c1cc(F)ccc1F. The fraction of sp³-hybridized carbons (Fsp3) is 0.533. The summed E-state index contributed by atoms with van der Waals surface area (Å²) in [4.78, 5) is 11.9. The van der Waals surface area contributed by atoms with E-state index < -0.39 is 17.5 Å². The minimum Gasteiger partial charge on any atom is -0.396 e. The molecule has 0 fully saturated rings. The molecule has 0 radical (unpaired) electrons. The van der Waals surface area contributed by atoms with Gasteiger partial charge in [0.1, 0.15) is 11.6 Å². The Balaban J connectivity index is 2.77. The Morgan fingerprint density at radius 1 is 1.30 bits per heavy atom. The summed E-state index contributed by atoms with van der Waals surface area (Å²) >= 11 is 0. The molecule has 20 heavy (non-hydrogen) atoms. The van der Waals surface area contributed by atoms with Crippen LogP contribution in [-0.2, 0) is 0 Å². The molecule has 2 N–H and O–H groups in total. The van der Waals surface area contributed by atoms with Crippen molar-refractivity contribution < 1.29 is 18.7 Å². The van der Waals surface area contributed by atoms with E-state index in [1.165, 1.54) is 0 Å². The average Bonchev–Trinajstić information content (AvgIpc) is 2.46. The van der Waals surface area contributed by atoms with Gasteiger partial charge in [0.05, 0.1) is 5.56 Å². The summed E-state index contributed by atoms with van der Waals surface area (Å²) in [7, 11) is 0. The van der Waals surface area contributed by atoms with Crippen LogP contribution in [-0.4, -0.2) is 24.2 Å². The lowest BCUT2D eigenvalue weighted by Crippen LogP contribution is -2.38. The molecule has 0 spiro atoms. The van der Waals surface area contributed by atoms with Gasteiger partial charge in [0, 0.05) is 13.2 Å². The first kappa shape index (κ1) is 16.6. The number of carbonyl (C=O) groups is 1. The summed E-state index contributed by atoms with van der Waals surface area (Å²) in [5.41, 5.74) is -0.510. The monoisotopic (exact) mass is 285 g/mol. The van der Waals surface area contributed by atoms with Gasteiger partial charge in [0.15, 0.2) is 0 Å². The van der Waals surface area contributed by atoms with Crippen LogP contribution in [0.15, 0.2) is 18.2 Å². The predicted octanol–water partition coefficient (Wildman–Crippen LogP) is 2.88. The number of hydrogen-bond donors (Lipinski definition) is 2. The molecule has 0 bridgehead atoms. The van der Waals surface area contributed by atoms with Gasteiger partial charge in [-0.3, -0.25) is 4.79 Å². The van der Waals surface area contributed by atoms with Crippen molar-refractivity contribution in [3.8, 4) is 0 Å². The molecule has 1 amide bonds. The standard InChI is InChI=1S/C15H21F2NO2/c1-3-15(4-2,7-8-19)10-18-14(20)12-9-11(16)5-6-13(12)17/h5-6,9,19H,3-4,7-8,10H2,1-2H3,(H,18,20). The van der Waals surface area contributed by atoms with E-state index in [1.54, 1.807) is 0 Å². The van der Waals surface area contributed by atoms with Gasteiger partial charge in [-0.05, 0) is 42.9 Å². The van der Waals surface area contributed by atoms with Gasteiger partial charge < -0.3 is 10.4 Å². The summed E-state index contributed by atoms with van der Waals surface area (Å²) in [6, 6.07) is 2.79. The molecule has 5 heteroatoms. The Bertz CT molecular complexity index is 459. The van der Waals surface area contributed by atoms with Crippen molar-refractivity contribution >= 4 is 5.91 Å². The third kappa shape index (κ3) is 4.00. The maximum Gasteiger partial charge on any atom is 0.254 e. The summed E-state index contributed by atoms with van der Waals surface area (Å²) in [5, 5.41) is 11.7. The van der Waals surface area contributed by atoms with Gasteiger partial charge in [-0.15, -0.1) is 0 Å². The second kappa shape index (κ2) is 7.33. The molecule has 0 atom stereocenters. The summed E-state index contributed by atoms with van der Waals surface area (Å²) in [6.07, 6.45) is 2.14. The third-order valence-corrected chi connectivity index (χ3v) is 3.94. The molecule has 0 aromatic heterocycles. The Hall–Kier alpha value is -1.49. The molecular weight excluding hydrogens is 264 g/mol. The first-order chi connectivity index (χ1) is 9.48. The molecule has 0 unspecified atom stereocenters. The molecule has 0 aliphatic carbocycles. The Kier molecular flexibility index (Phi) is 6.07. The number of benzene rings is 1. The minimum atomic E-state index is -0.746. The van der Waals surface area contributed by atoms with Crippen molar-refractivity contribution in [1.29, 1.82) is 0 Å². The first-order valence-corrected chi connectivity index (χ1v) is 6.82. The van der Waals surface area contributed by atoms with Crippen molar-refractivity contribution in [2.24, 2.45) is 5.41 Å². The minimum absolute atomic E-state index is 0.0336. The van der Waals surface area contributed by atoms with Crippen LogP contribution < -0.4 is 5.32 Å². The normalized spacial score (nSPS) is 11.4. The van der Waals surface area contributed by atoms with Crippen LogP contribution in [0.4, 0.5) is 8.78 Å². The molecule has 0 heterocycles. The second-order valence-corrected chi connectivity index (χ2v) is 4.99. The lowest BCUT2D eigenvalue weighted by Gasteiger charge is -2.31. The maximum atomic E-state index is 13.5. The fourth-order valence-corrected chi connectivity index (χ4v) is 2.21. The predicted molar refractivity (Wildman–Crippen MR) is 73.4 cm³/mol. The highest BCUT2D eigenvalue weighted by Gasteiger charge is 2.26. The number of amides is 1. The average molecular weight is 285 g/mol. The molecule has 0 saturated carbocycles. The third-order valence-electron chi connectivity index (χ3n) is 3.94. The molecule has 0 aliphatic heterocycles. The van der Waals surface area contributed by atoms with Crippen LogP contribution >= 0.6 is 0 Å². The van der Waals surface area contributed by atoms with Crippen LogP contribution in [0.3, 0.4) is 0 Å². The van der Waals surface area contributed by atoms with E-state index in [9.17, 15) is 13.6 Å². The topological polar surface area (TPSA) is 49.3 Å². The summed E-state index contributed by atoms with van der Waals surface area (Å²) < 4.78 is 26.5. The van der Waals surface area contributed by atoms with Crippen LogP contribution in [0.1, 0.15) is 43.5 Å². The molecular formula is C15H21F2NO2. The van der Waals surface area contributed by atoms with Crippen molar-refractivity contribution in [3.05, 3.63) is 35.4 Å². The Morgan fingerprint density at radius 2 is 1.95 bits per heavy atom. The van der Waals surface area contributed by atoms with E-state index in [-0.39, 0.29) is 17.6 Å². The number of halogens is 2. The zero-order valence-corrected chi connectivity index (χ0v) is 11.9. The molecule has 3 nitrogen and oxygen atoms in total. The Labute approximate surface area is 118 Å². The van der Waals surface area contributed by atoms with Gasteiger partial charge in [-0.1, -0.05) is 13.8 Å². The van der Waals surface area contributed by atoms with Gasteiger partial charge in [-0.2, -0.15) is 0 Å². The summed E-state index contributed by atoms with van der Waals surface area (Å²) in [6.45, 7) is 4.32. The van der Waals surface area contributed by atoms with E-state index in [4.69, 9.17) is 5.11 Å². The van der Waals surface area contributed by atoms with Gasteiger partial charge in [0.2, 0.25) is 0 Å². The molecule has 112 valence electrons. The highest BCUT2D eigenvalue weighted by atomic mass is 19.1. The Morgan fingerprint density at radius 3 is 2.50 bits per heavy atom. The van der Waals surface area contributed by atoms with E-state index in [0.29, 0.717) is 13.0 Å². The largest absolute Gasteiger partial charge is 0.396 e. The molecule has 0 aliphatic rings. The van der Waals surface area contributed by atoms with Crippen molar-refractivity contribution in [3.63, 3.8) is 0 Å². The quantitative estimate of drug-likeness (QED) is 0.809. The number of nitrogens with one attached hydrogen (secondary N) is 1. The summed E-state index contributed by atoms with van der Waals surface area (Å²) in [5.74, 6) is -2.03. The maximum absolute atomic E-state index is 13.5. The van der Waals surface area contributed by atoms with E-state index in [1.807, 2.05) is 13.8 Å². The van der Waals surface area contributed by atoms with E-state index in [0.717, 1.165) is 31.0 Å². The first-order valence-electron chi connectivity index (χ1n) is 6.82. The van der Waals surface area contributed by atoms with E-state index in [2.05, 4.69) is 5.32 Å². The number of aliphatic hydroxyl groups excluding tert-OH is 1. The van der Waals surface area contributed by atoms with Crippen LogP contribution in [0.2, 0.25) is 0 Å². The molecule has 1 rings (SSSR count).